The molecule has 2 rings (SSSR count). The van der Waals surface area contributed by atoms with E-state index in [1.807, 2.05) is 0 Å². The Kier molecular flexibility index (Phi) is 3.16. The van der Waals surface area contributed by atoms with Crippen LogP contribution in [0, 0.1) is 0 Å². The lowest BCUT2D eigenvalue weighted by Crippen LogP contribution is -2.13. The number of aromatic nitrogens is 5. The first kappa shape index (κ1) is 10.6. The fourth-order valence-electron chi connectivity index (χ4n) is 1.15. The molecule has 0 saturated carbocycles. The van der Waals surface area contributed by atoms with Gasteiger partial charge in [-0.25, -0.2) is 4.98 Å². The maximum Gasteiger partial charge on any atom is 0.222 e. The van der Waals surface area contributed by atoms with Gasteiger partial charge in [0.1, 0.15) is 5.02 Å². The highest BCUT2D eigenvalue weighted by atomic mass is 35.5. The second-order valence-corrected chi connectivity index (χ2v) is 3.42. The van der Waals surface area contributed by atoms with Gasteiger partial charge < -0.3 is 11.1 Å². The van der Waals surface area contributed by atoms with Crippen molar-refractivity contribution in [1.29, 1.82) is 0 Å². The standard InChI is InChI=1S/C8H10ClN7/c9-6-5-12-8(10)14-7(6)11-1-3-16-4-2-13-15-16/h2,4-5H,1,3H2,(H3,10,11,12,14). The van der Waals surface area contributed by atoms with Crippen molar-refractivity contribution in [3.05, 3.63) is 23.6 Å². The second-order valence-electron chi connectivity index (χ2n) is 3.02. The van der Waals surface area contributed by atoms with Crippen molar-refractivity contribution >= 4 is 23.4 Å². The Hall–Kier alpha value is -1.89. The zero-order chi connectivity index (χ0) is 11.4. The van der Waals surface area contributed by atoms with Crippen LogP contribution in [0.4, 0.5) is 11.8 Å². The topological polar surface area (TPSA) is 94.5 Å². The summed E-state index contributed by atoms with van der Waals surface area (Å²) in [6.45, 7) is 1.29. The van der Waals surface area contributed by atoms with E-state index in [0.29, 0.717) is 23.9 Å². The first-order valence-electron chi connectivity index (χ1n) is 4.61. The van der Waals surface area contributed by atoms with Crippen molar-refractivity contribution < 1.29 is 0 Å². The maximum atomic E-state index is 5.88. The van der Waals surface area contributed by atoms with Crippen LogP contribution in [0.3, 0.4) is 0 Å². The summed E-state index contributed by atoms with van der Waals surface area (Å²) >= 11 is 5.88. The number of halogens is 1. The monoisotopic (exact) mass is 239 g/mol. The molecule has 2 aromatic rings. The molecule has 0 aliphatic heterocycles. The third kappa shape index (κ3) is 2.57. The van der Waals surface area contributed by atoms with E-state index >= 15 is 0 Å². The average Bonchev–Trinajstić information content (AvgIpc) is 2.76. The van der Waals surface area contributed by atoms with Crippen LogP contribution in [-0.4, -0.2) is 31.5 Å². The number of hydrogen-bond donors (Lipinski definition) is 2. The third-order valence-corrected chi connectivity index (χ3v) is 2.14. The summed E-state index contributed by atoms with van der Waals surface area (Å²) < 4.78 is 1.70. The minimum absolute atomic E-state index is 0.188. The molecule has 0 radical (unpaired) electrons. The number of nitrogen functional groups attached to an aromatic ring is 1. The van der Waals surface area contributed by atoms with Crippen molar-refractivity contribution in [2.24, 2.45) is 0 Å². The zero-order valence-electron chi connectivity index (χ0n) is 8.34. The van der Waals surface area contributed by atoms with Gasteiger partial charge in [0.05, 0.1) is 18.9 Å². The van der Waals surface area contributed by atoms with Gasteiger partial charge in [-0.05, 0) is 0 Å². The number of hydrogen-bond acceptors (Lipinski definition) is 6. The molecular weight excluding hydrogens is 230 g/mol. The van der Waals surface area contributed by atoms with Gasteiger partial charge in [0.15, 0.2) is 5.82 Å². The van der Waals surface area contributed by atoms with Crippen LogP contribution >= 0.6 is 11.6 Å². The molecule has 0 bridgehead atoms. The van der Waals surface area contributed by atoms with Gasteiger partial charge in [-0.3, -0.25) is 4.68 Å². The van der Waals surface area contributed by atoms with E-state index in [1.165, 1.54) is 6.20 Å². The Labute approximate surface area is 96.6 Å². The molecule has 0 aromatic carbocycles. The van der Waals surface area contributed by atoms with Crippen LogP contribution in [-0.2, 0) is 6.54 Å². The molecule has 2 heterocycles. The molecule has 16 heavy (non-hydrogen) atoms. The highest BCUT2D eigenvalue weighted by Crippen LogP contribution is 2.17. The minimum atomic E-state index is 0.188. The van der Waals surface area contributed by atoms with E-state index < -0.39 is 0 Å². The van der Waals surface area contributed by atoms with E-state index in [1.54, 1.807) is 17.1 Å². The van der Waals surface area contributed by atoms with Crippen LogP contribution in [0.1, 0.15) is 0 Å². The van der Waals surface area contributed by atoms with Gasteiger partial charge in [-0.1, -0.05) is 16.8 Å². The second kappa shape index (κ2) is 4.75. The van der Waals surface area contributed by atoms with Gasteiger partial charge in [-0.2, -0.15) is 4.98 Å². The number of nitrogens with zero attached hydrogens (tertiary/aromatic N) is 5. The molecule has 0 aliphatic rings. The van der Waals surface area contributed by atoms with Gasteiger partial charge in [0.2, 0.25) is 5.95 Å². The van der Waals surface area contributed by atoms with Crippen molar-refractivity contribution in [2.75, 3.05) is 17.6 Å². The molecular formula is C8H10ClN7. The lowest BCUT2D eigenvalue weighted by Gasteiger charge is -2.06. The summed E-state index contributed by atoms with van der Waals surface area (Å²) in [7, 11) is 0. The lowest BCUT2D eigenvalue weighted by molar-refractivity contribution is 0.608. The zero-order valence-corrected chi connectivity index (χ0v) is 9.09. The van der Waals surface area contributed by atoms with Gasteiger partial charge in [0.25, 0.3) is 0 Å². The summed E-state index contributed by atoms with van der Waals surface area (Å²) in [5, 5.41) is 11.0. The SMILES string of the molecule is Nc1ncc(Cl)c(NCCn2ccnn2)n1. The van der Waals surface area contributed by atoms with E-state index in [9.17, 15) is 0 Å². The molecule has 0 saturated heterocycles. The predicted molar refractivity (Wildman–Crippen MR) is 60.0 cm³/mol. The molecule has 0 unspecified atom stereocenters. The summed E-state index contributed by atoms with van der Waals surface area (Å²) in [6.07, 6.45) is 4.86. The van der Waals surface area contributed by atoms with Crippen LogP contribution < -0.4 is 11.1 Å². The molecule has 0 atom stereocenters. The maximum absolute atomic E-state index is 5.88. The average molecular weight is 240 g/mol. The number of rotatable bonds is 4. The molecule has 7 nitrogen and oxygen atoms in total. The first-order valence-corrected chi connectivity index (χ1v) is 4.99. The first-order chi connectivity index (χ1) is 7.75. The van der Waals surface area contributed by atoms with Gasteiger partial charge in [0, 0.05) is 12.7 Å². The Balaban J connectivity index is 1.92. The van der Waals surface area contributed by atoms with Crippen LogP contribution in [0.15, 0.2) is 18.6 Å². The third-order valence-electron chi connectivity index (χ3n) is 1.87. The van der Waals surface area contributed by atoms with Crippen LogP contribution in [0.5, 0.6) is 0 Å². The van der Waals surface area contributed by atoms with Crippen molar-refractivity contribution in [1.82, 2.24) is 25.0 Å². The number of nitrogens with two attached hydrogens (primary N) is 1. The summed E-state index contributed by atoms with van der Waals surface area (Å²) in [5.41, 5.74) is 5.45. The van der Waals surface area contributed by atoms with E-state index in [0.717, 1.165) is 0 Å². The Morgan fingerprint density at radius 3 is 3.12 bits per heavy atom. The van der Waals surface area contributed by atoms with Crippen molar-refractivity contribution in [3.8, 4) is 0 Å². The molecule has 2 aromatic heterocycles. The normalized spacial score (nSPS) is 10.3. The molecule has 0 spiro atoms. The van der Waals surface area contributed by atoms with Crippen molar-refractivity contribution in [3.63, 3.8) is 0 Å². The van der Waals surface area contributed by atoms with E-state index in [2.05, 4.69) is 25.6 Å². The fraction of sp³-hybridized carbons (Fsp3) is 0.250. The summed E-state index contributed by atoms with van der Waals surface area (Å²) in [4.78, 5) is 7.73. The molecule has 3 N–H and O–H groups in total. The fourth-order valence-corrected chi connectivity index (χ4v) is 1.30. The highest BCUT2D eigenvalue weighted by Gasteiger charge is 2.02. The highest BCUT2D eigenvalue weighted by molar-refractivity contribution is 6.32. The Bertz CT molecular complexity index is 455. The molecule has 0 fully saturated rings. The number of anilines is 2. The molecule has 8 heteroatoms. The van der Waals surface area contributed by atoms with Crippen LogP contribution in [0.2, 0.25) is 5.02 Å². The van der Waals surface area contributed by atoms with Gasteiger partial charge >= 0.3 is 0 Å². The largest absolute Gasteiger partial charge is 0.368 e. The molecule has 84 valence electrons. The number of nitrogens with one attached hydrogen (secondary N) is 1. The van der Waals surface area contributed by atoms with E-state index in [4.69, 9.17) is 17.3 Å². The van der Waals surface area contributed by atoms with Crippen LogP contribution in [0.25, 0.3) is 0 Å². The Morgan fingerprint density at radius 1 is 1.50 bits per heavy atom. The predicted octanol–water partition coefficient (Wildman–Crippen LogP) is 0.416. The van der Waals surface area contributed by atoms with Gasteiger partial charge in [-0.15, -0.1) is 5.10 Å². The summed E-state index contributed by atoms with van der Waals surface area (Å²) in [6, 6.07) is 0. The van der Waals surface area contributed by atoms with E-state index in [-0.39, 0.29) is 5.95 Å². The van der Waals surface area contributed by atoms with Crippen molar-refractivity contribution in [2.45, 2.75) is 6.54 Å². The Morgan fingerprint density at radius 2 is 2.38 bits per heavy atom. The quantitative estimate of drug-likeness (QED) is 0.803. The minimum Gasteiger partial charge on any atom is -0.368 e. The lowest BCUT2D eigenvalue weighted by atomic mass is 10.5. The molecule has 0 amide bonds. The molecule has 0 aliphatic carbocycles. The summed E-state index contributed by atoms with van der Waals surface area (Å²) in [5.74, 6) is 0.710. The smallest absolute Gasteiger partial charge is 0.222 e.